The number of anilines is 1. The van der Waals surface area contributed by atoms with E-state index in [9.17, 15) is 12.8 Å². The van der Waals surface area contributed by atoms with Crippen LogP contribution in [0.2, 0.25) is 0 Å². The molecule has 0 saturated carbocycles. The molecule has 0 aliphatic rings. The summed E-state index contributed by atoms with van der Waals surface area (Å²) in [6.07, 6.45) is 0. The molecule has 0 aliphatic heterocycles. The van der Waals surface area contributed by atoms with Crippen molar-refractivity contribution >= 4 is 15.8 Å². The minimum Gasteiger partial charge on any atom is -0.263 e. The molecule has 1 heterocycles. The van der Waals surface area contributed by atoms with Gasteiger partial charge in [0.25, 0.3) is 10.0 Å². The molecule has 0 saturated heterocycles. The molecule has 0 spiro atoms. The summed E-state index contributed by atoms with van der Waals surface area (Å²) in [7, 11) is -3.72. The van der Waals surface area contributed by atoms with E-state index in [1.54, 1.807) is 43.3 Å². The van der Waals surface area contributed by atoms with E-state index in [1.165, 1.54) is 24.3 Å². The van der Waals surface area contributed by atoms with Gasteiger partial charge in [-0.05, 0) is 66.9 Å². The molecule has 0 fully saturated rings. The summed E-state index contributed by atoms with van der Waals surface area (Å²) in [6.45, 7) is 3.60. The van der Waals surface area contributed by atoms with Crippen LogP contribution >= 0.6 is 0 Å². The van der Waals surface area contributed by atoms with Crippen molar-refractivity contribution in [3.05, 3.63) is 77.7 Å². The lowest BCUT2D eigenvalue weighted by Gasteiger charge is -2.10. The molecule has 0 aliphatic carbocycles. The number of benzene rings is 2. The van der Waals surface area contributed by atoms with Crippen molar-refractivity contribution in [3.8, 4) is 11.1 Å². The van der Waals surface area contributed by atoms with E-state index in [1.807, 2.05) is 6.92 Å². The highest BCUT2D eigenvalue weighted by atomic mass is 32.2. The SMILES string of the molecule is Cc1cccc(NS(=O)(=O)c2ccc(-c3ccc(F)cc3C)cc2)n1. The lowest BCUT2D eigenvalue weighted by atomic mass is 10.0. The lowest BCUT2D eigenvalue weighted by molar-refractivity contribution is 0.601. The van der Waals surface area contributed by atoms with E-state index in [4.69, 9.17) is 0 Å². The van der Waals surface area contributed by atoms with Crippen LogP contribution in [0.5, 0.6) is 0 Å². The molecule has 0 atom stereocenters. The Balaban J connectivity index is 1.88. The first-order valence-electron chi connectivity index (χ1n) is 7.68. The molecule has 1 N–H and O–H groups in total. The minimum absolute atomic E-state index is 0.138. The summed E-state index contributed by atoms with van der Waals surface area (Å²) in [5.74, 6) is -0.0197. The normalized spacial score (nSPS) is 11.3. The standard InChI is InChI=1S/C19H17FN2O2S/c1-13-12-16(20)8-11-18(13)15-6-9-17(10-7-15)25(23,24)22-19-5-3-4-14(2)21-19/h3-12H,1-2H3,(H,21,22). The smallest absolute Gasteiger partial charge is 0.263 e. The zero-order chi connectivity index (χ0) is 18.0. The van der Waals surface area contributed by atoms with Crippen molar-refractivity contribution in [2.75, 3.05) is 4.72 Å². The van der Waals surface area contributed by atoms with Gasteiger partial charge in [-0.2, -0.15) is 0 Å². The Morgan fingerprint density at radius 2 is 1.68 bits per heavy atom. The molecular weight excluding hydrogens is 339 g/mol. The monoisotopic (exact) mass is 356 g/mol. The topological polar surface area (TPSA) is 59.1 Å². The lowest BCUT2D eigenvalue weighted by Crippen LogP contribution is -2.14. The third kappa shape index (κ3) is 3.85. The van der Waals surface area contributed by atoms with E-state index < -0.39 is 10.0 Å². The number of sulfonamides is 1. The van der Waals surface area contributed by atoms with Gasteiger partial charge < -0.3 is 0 Å². The van der Waals surface area contributed by atoms with Crippen molar-refractivity contribution in [2.45, 2.75) is 18.7 Å². The molecule has 1 aromatic heterocycles. The average Bonchev–Trinajstić information content (AvgIpc) is 2.54. The predicted molar refractivity (Wildman–Crippen MR) is 96.4 cm³/mol. The highest BCUT2D eigenvalue weighted by Crippen LogP contribution is 2.25. The van der Waals surface area contributed by atoms with Gasteiger partial charge in [0.05, 0.1) is 4.90 Å². The van der Waals surface area contributed by atoms with E-state index in [0.717, 1.165) is 22.4 Å². The largest absolute Gasteiger partial charge is 0.263 e. The summed E-state index contributed by atoms with van der Waals surface area (Å²) in [5.41, 5.74) is 3.20. The average molecular weight is 356 g/mol. The van der Waals surface area contributed by atoms with Crippen LogP contribution in [0.4, 0.5) is 10.2 Å². The van der Waals surface area contributed by atoms with Crippen LogP contribution in [0, 0.1) is 19.7 Å². The number of aromatic nitrogens is 1. The Morgan fingerprint density at radius 1 is 0.960 bits per heavy atom. The molecule has 3 rings (SSSR count). The zero-order valence-electron chi connectivity index (χ0n) is 13.8. The van der Waals surface area contributed by atoms with Crippen molar-refractivity contribution < 1.29 is 12.8 Å². The van der Waals surface area contributed by atoms with E-state index in [-0.39, 0.29) is 16.5 Å². The van der Waals surface area contributed by atoms with Gasteiger partial charge in [0.2, 0.25) is 0 Å². The third-order valence-electron chi connectivity index (χ3n) is 3.79. The molecule has 4 nitrogen and oxygen atoms in total. The first-order chi connectivity index (χ1) is 11.8. The minimum atomic E-state index is -3.72. The van der Waals surface area contributed by atoms with E-state index >= 15 is 0 Å². The maximum atomic E-state index is 13.2. The predicted octanol–water partition coefficient (Wildman–Crippen LogP) is 4.31. The quantitative estimate of drug-likeness (QED) is 0.758. The first kappa shape index (κ1) is 17.1. The Hall–Kier alpha value is -2.73. The zero-order valence-corrected chi connectivity index (χ0v) is 14.6. The van der Waals surface area contributed by atoms with Crippen LogP contribution in [0.3, 0.4) is 0 Å². The second-order valence-corrected chi connectivity index (χ2v) is 7.44. The van der Waals surface area contributed by atoms with Crippen LogP contribution < -0.4 is 4.72 Å². The van der Waals surface area contributed by atoms with Gasteiger partial charge in [-0.1, -0.05) is 24.3 Å². The molecular formula is C19H17FN2O2S. The first-order valence-corrected chi connectivity index (χ1v) is 9.16. The second kappa shape index (κ2) is 6.64. The van der Waals surface area contributed by atoms with Gasteiger partial charge in [-0.15, -0.1) is 0 Å². The highest BCUT2D eigenvalue weighted by molar-refractivity contribution is 7.92. The maximum Gasteiger partial charge on any atom is 0.263 e. The summed E-state index contributed by atoms with van der Waals surface area (Å²) in [5, 5.41) is 0. The Kier molecular flexibility index (Phi) is 4.55. The number of nitrogens with one attached hydrogen (secondary N) is 1. The summed E-state index contributed by atoms with van der Waals surface area (Å²) in [4.78, 5) is 4.28. The fourth-order valence-electron chi connectivity index (χ4n) is 2.56. The molecule has 6 heteroatoms. The van der Waals surface area contributed by atoms with Gasteiger partial charge >= 0.3 is 0 Å². The van der Waals surface area contributed by atoms with Crippen LogP contribution in [-0.2, 0) is 10.0 Å². The fourth-order valence-corrected chi connectivity index (χ4v) is 3.56. The highest BCUT2D eigenvalue weighted by Gasteiger charge is 2.15. The Bertz CT molecular complexity index is 1020. The fraction of sp³-hybridized carbons (Fsp3) is 0.105. The Labute approximate surface area is 146 Å². The molecule has 0 unspecified atom stereocenters. The van der Waals surface area contributed by atoms with E-state index in [2.05, 4.69) is 9.71 Å². The van der Waals surface area contributed by atoms with Gasteiger partial charge in [-0.3, -0.25) is 4.72 Å². The van der Waals surface area contributed by atoms with E-state index in [0.29, 0.717) is 0 Å². The van der Waals surface area contributed by atoms with Crippen LogP contribution in [0.25, 0.3) is 11.1 Å². The van der Waals surface area contributed by atoms with Crippen molar-refractivity contribution in [1.82, 2.24) is 4.98 Å². The number of nitrogens with zero attached hydrogens (tertiary/aromatic N) is 1. The van der Waals surface area contributed by atoms with Crippen molar-refractivity contribution in [1.29, 1.82) is 0 Å². The van der Waals surface area contributed by atoms with Crippen LogP contribution in [0.1, 0.15) is 11.3 Å². The second-order valence-electron chi connectivity index (χ2n) is 5.75. The van der Waals surface area contributed by atoms with Crippen molar-refractivity contribution in [3.63, 3.8) is 0 Å². The molecule has 0 radical (unpaired) electrons. The van der Waals surface area contributed by atoms with Crippen molar-refractivity contribution in [2.24, 2.45) is 0 Å². The number of hydrogen-bond acceptors (Lipinski definition) is 3. The summed E-state index contributed by atoms with van der Waals surface area (Å²) < 4.78 is 40.6. The molecule has 3 aromatic rings. The number of hydrogen-bond donors (Lipinski definition) is 1. The van der Waals surface area contributed by atoms with Gasteiger partial charge in [0.1, 0.15) is 11.6 Å². The number of halogens is 1. The summed E-state index contributed by atoms with van der Waals surface area (Å²) in [6, 6.07) is 16.1. The summed E-state index contributed by atoms with van der Waals surface area (Å²) >= 11 is 0. The molecule has 2 aromatic carbocycles. The number of rotatable bonds is 4. The van der Waals surface area contributed by atoms with Crippen LogP contribution in [-0.4, -0.2) is 13.4 Å². The third-order valence-corrected chi connectivity index (χ3v) is 5.16. The molecule has 128 valence electrons. The van der Waals surface area contributed by atoms with Gasteiger partial charge in [0, 0.05) is 5.69 Å². The van der Waals surface area contributed by atoms with Crippen LogP contribution in [0.15, 0.2) is 65.6 Å². The molecule has 25 heavy (non-hydrogen) atoms. The van der Waals surface area contributed by atoms with Gasteiger partial charge in [0.15, 0.2) is 0 Å². The maximum absolute atomic E-state index is 13.2. The Morgan fingerprint density at radius 3 is 2.32 bits per heavy atom. The molecule has 0 bridgehead atoms. The van der Waals surface area contributed by atoms with Gasteiger partial charge in [-0.25, -0.2) is 17.8 Å². The molecule has 0 amide bonds. The number of aryl methyl sites for hydroxylation is 2. The number of pyridine rings is 1.